The smallest absolute Gasteiger partial charge is 0.192 e. The maximum absolute atomic E-state index is 10.9. The summed E-state index contributed by atoms with van der Waals surface area (Å²) in [5.74, 6) is 0.00840. The Bertz CT molecular complexity index is 218. The van der Waals surface area contributed by atoms with Gasteiger partial charge in [0.05, 0.1) is 6.10 Å². The topological polar surface area (TPSA) is 26.3 Å². The van der Waals surface area contributed by atoms with Crippen LogP contribution in [-0.4, -0.2) is 20.7 Å². The molecule has 0 aromatic carbocycles. The Morgan fingerprint density at radius 3 is 2.12 bits per heavy atom. The summed E-state index contributed by atoms with van der Waals surface area (Å²) in [5.41, 5.74) is 0. The van der Waals surface area contributed by atoms with Gasteiger partial charge in [0.2, 0.25) is 0 Å². The first kappa shape index (κ1) is 15.8. The molecule has 0 aromatic heterocycles. The molecule has 0 saturated carbocycles. The molecule has 3 heteroatoms. The van der Waals surface area contributed by atoms with Crippen LogP contribution in [0.3, 0.4) is 0 Å². The van der Waals surface area contributed by atoms with Crippen molar-refractivity contribution in [3.05, 3.63) is 0 Å². The number of rotatable bonds is 6. The van der Waals surface area contributed by atoms with E-state index in [1.54, 1.807) is 0 Å². The van der Waals surface area contributed by atoms with Crippen molar-refractivity contribution < 1.29 is 9.22 Å². The molecule has 0 unspecified atom stereocenters. The first-order valence-electron chi connectivity index (χ1n) is 6.28. The molecule has 0 aromatic rings. The predicted molar refractivity (Wildman–Crippen MR) is 72.2 cm³/mol. The van der Waals surface area contributed by atoms with E-state index in [4.69, 9.17) is 4.43 Å². The van der Waals surface area contributed by atoms with Gasteiger partial charge in [-0.15, -0.1) is 0 Å². The van der Waals surface area contributed by atoms with Crippen molar-refractivity contribution in [2.75, 3.05) is 0 Å². The minimum atomic E-state index is -1.74. The van der Waals surface area contributed by atoms with E-state index < -0.39 is 8.32 Å². The van der Waals surface area contributed by atoms with Crippen LogP contribution in [0.15, 0.2) is 0 Å². The van der Waals surface area contributed by atoms with E-state index in [-0.39, 0.29) is 17.1 Å². The maximum Gasteiger partial charge on any atom is 0.192 e. The second-order valence-electron chi connectivity index (χ2n) is 6.20. The van der Waals surface area contributed by atoms with E-state index in [1.807, 2.05) is 6.92 Å². The molecule has 0 aliphatic carbocycles. The second kappa shape index (κ2) is 5.96. The predicted octanol–water partition coefficient (Wildman–Crippen LogP) is 4.01. The van der Waals surface area contributed by atoms with Crippen molar-refractivity contribution >= 4 is 14.6 Å². The van der Waals surface area contributed by atoms with Gasteiger partial charge in [0.1, 0.15) is 6.29 Å². The summed E-state index contributed by atoms with van der Waals surface area (Å²) in [6.45, 7) is 15.3. The van der Waals surface area contributed by atoms with Gasteiger partial charge in [-0.3, -0.25) is 0 Å². The van der Waals surface area contributed by atoms with Gasteiger partial charge < -0.3 is 9.22 Å². The van der Waals surface area contributed by atoms with Crippen LogP contribution >= 0.6 is 0 Å². The van der Waals surface area contributed by atoms with Gasteiger partial charge in [-0.05, 0) is 24.6 Å². The number of carbonyl (C=O) groups excluding carboxylic acids is 1. The SMILES string of the molecule is CCC[C@H](O[Si](C)(C)C(C)(C)C)[C@H](C)C=O. The lowest BCUT2D eigenvalue weighted by atomic mass is 10.0. The van der Waals surface area contributed by atoms with Crippen molar-refractivity contribution in [3.63, 3.8) is 0 Å². The van der Waals surface area contributed by atoms with Crippen LogP contribution in [0, 0.1) is 5.92 Å². The minimum absolute atomic E-state index is 0.00840. The third-order valence-corrected chi connectivity index (χ3v) is 8.13. The zero-order chi connectivity index (χ0) is 13.0. The molecular formula is C13H28O2Si. The van der Waals surface area contributed by atoms with E-state index in [2.05, 4.69) is 40.8 Å². The molecule has 0 N–H and O–H groups in total. The third kappa shape index (κ3) is 4.38. The lowest BCUT2D eigenvalue weighted by Gasteiger charge is -2.40. The normalized spacial score (nSPS) is 16.9. The van der Waals surface area contributed by atoms with Crippen LogP contribution in [0.1, 0.15) is 47.5 Å². The van der Waals surface area contributed by atoms with Crippen LogP contribution in [-0.2, 0) is 9.22 Å². The van der Waals surface area contributed by atoms with Crippen molar-refractivity contribution in [1.82, 2.24) is 0 Å². The van der Waals surface area contributed by atoms with Gasteiger partial charge in [-0.1, -0.05) is 41.0 Å². The Labute approximate surface area is 102 Å². The molecule has 0 spiro atoms. The molecular weight excluding hydrogens is 216 g/mol. The van der Waals surface area contributed by atoms with Crippen LogP contribution in [0.4, 0.5) is 0 Å². The Kier molecular flexibility index (Phi) is 5.91. The molecule has 0 aliphatic heterocycles. The molecule has 0 rings (SSSR count). The molecule has 0 fully saturated rings. The molecule has 0 aliphatic rings. The largest absolute Gasteiger partial charge is 0.413 e. The van der Waals surface area contributed by atoms with Crippen molar-refractivity contribution in [3.8, 4) is 0 Å². The Balaban J connectivity index is 4.68. The Morgan fingerprint density at radius 1 is 1.31 bits per heavy atom. The van der Waals surface area contributed by atoms with E-state index >= 15 is 0 Å². The van der Waals surface area contributed by atoms with Gasteiger partial charge in [0.15, 0.2) is 8.32 Å². The zero-order valence-electron chi connectivity index (χ0n) is 12.0. The van der Waals surface area contributed by atoms with Gasteiger partial charge in [0.25, 0.3) is 0 Å². The summed E-state index contributed by atoms with van der Waals surface area (Å²) < 4.78 is 6.30. The van der Waals surface area contributed by atoms with E-state index in [9.17, 15) is 4.79 Å². The van der Waals surface area contributed by atoms with Gasteiger partial charge >= 0.3 is 0 Å². The quantitative estimate of drug-likeness (QED) is 0.521. The van der Waals surface area contributed by atoms with Gasteiger partial charge in [-0.25, -0.2) is 0 Å². The van der Waals surface area contributed by atoms with Crippen LogP contribution in [0.5, 0.6) is 0 Å². The van der Waals surface area contributed by atoms with Crippen LogP contribution < -0.4 is 0 Å². The number of carbonyl (C=O) groups is 1. The number of aldehydes is 1. The van der Waals surface area contributed by atoms with Crippen LogP contribution in [0.2, 0.25) is 18.1 Å². The lowest BCUT2D eigenvalue weighted by molar-refractivity contribution is -0.113. The lowest BCUT2D eigenvalue weighted by Crippen LogP contribution is -2.45. The molecule has 0 bridgehead atoms. The first-order valence-corrected chi connectivity index (χ1v) is 9.19. The Hall–Kier alpha value is -0.153. The highest BCUT2D eigenvalue weighted by molar-refractivity contribution is 6.74. The molecule has 96 valence electrons. The van der Waals surface area contributed by atoms with Crippen LogP contribution in [0.25, 0.3) is 0 Å². The summed E-state index contributed by atoms with van der Waals surface area (Å²) in [6, 6.07) is 0. The minimum Gasteiger partial charge on any atom is -0.413 e. The van der Waals surface area contributed by atoms with Gasteiger partial charge in [0, 0.05) is 5.92 Å². The summed E-state index contributed by atoms with van der Waals surface area (Å²) in [4.78, 5) is 10.9. The number of hydrogen-bond donors (Lipinski definition) is 0. The van der Waals surface area contributed by atoms with E-state index in [0.29, 0.717) is 0 Å². The highest BCUT2D eigenvalue weighted by Gasteiger charge is 2.39. The van der Waals surface area contributed by atoms with Gasteiger partial charge in [-0.2, -0.15) is 0 Å². The van der Waals surface area contributed by atoms with E-state index in [1.165, 1.54) is 0 Å². The fraction of sp³-hybridized carbons (Fsp3) is 0.923. The maximum atomic E-state index is 10.9. The van der Waals surface area contributed by atoms with E-state index in [0.717, 1.165) is 19.1 Å². The summed E-state index contributed by atoms with van der Waals surface area (Å²) in [7, 11) is -1.74. The summed E-state index contributed by atoms with van der Waals surface area (Å²) >= 11 is 0. The third-order valence-electron chi connectivity index (χ3n) is 3.63. The molecule has 2 nitrogen and oxygen atoms in total. The molecule has 16 heavy (non-hydrogen) atoms. The molecule has 0 amide bonds. The summed E-state index contributed by atoms with van der Waals surface area (Å²) in [5, 5.41) is 0.210. The molecule has 0 radical (unpaired) electrons. The van der Waals surface area contributed by atoms with Crippen molar-refractivity contribution in [2.24, 2.45) is 5.92 Å². The molecule has 2 atom stereocenters. The molecule has 0 heterocycles. The molecule has 0 saturated heterocycles. The number of hydrogen-bond acceptors (Lipinski definition) is 2. The first-order chi connectivity index (χ1) is 7.15. The average Bonchev–Trinajstić information content (AvgIpc) is 2.14. The van der Waals surface area contributed by atoms with Crippen molar-refractivity contribution in [2.45, 2.75) is 71.7 Å². The second-order valence-corrected chi connectivity index (χ2v) is 11.0. The fourth-order valence-corrected chi connectivity index (χ4v) is 2.80. The zero-order valence-corrected chi connectivity index (χ0v) is 13.0. The monoisotopic (exact) mass is 244 g/mol. The Morgan fingerprint density at radius 2 is 1.81 bits per heavy atom. The standard InChI is InChI=1S/C13H28O2Si/c1-8-9-12(11(2)10-14)15-16(6,7)13(3,4)5/h10-12H,8-9H2,1-7H3/t11-,12+/m1/s1. The highest BCUT2D eigenvalue weighted by Crippen LogP contribution is 2.38. The highest BCUT2D eigenvalue weighted by atomic mass is 28.4. The van der Waals surface area contributed by atoms with Crippen molar-refractivity contribution in [1.29, 1.82) is 0 Å². The summed E-state index contributed by atoms with van der Waals surface area (Å²) in [6.07, 6.45) is 3.17. The average molecular weight is 244 g/mol. The fourth-order valence-electron chi connectivity index (χ4n) is 1.36.